The van der Waals surface area contributed by atoms with Gasteiger partial charge in [0, 0.05) is 18.3 Å². The van der Waals surface area contributed by atoms with E-state index in [4.69, 9.17) is 0 Å². The van der Waals surface area contributed by atoms with E-state index in [1.165, 1.54) is 36.7 Å². The molecule has 0 spiro atoms. The van der Waals surface area contributed by atoms with Crippen LogP contribution in [0.1, 0.15) is 33.1 Å². The monoisotopic (exact) mass is 258 g/mol. The summed E-state index contributed by atoms with van der Waals surface area (Å²) < 4.78 is 2.36. The Labute approximate surface area is 116 Å². The molecule has 2 heteroatoms. The molecule has 19 heavy (non-hydrogen) atoms. The topological polar surface area (TPSA) is 17.0 Å². The van der Waals surface area contributed by atoms with Gasteiger partial charge in [-0.15, -0.1) is 0 Å². The summed E-state index contributed by atoms with van der Waals surface area (Å²) in [5, 5.41) is 4.92. The van der Waals surface area contributed by atoms with Gasteiger partial charge in [0.1, 0.15) is 0 Å². The number of aryl methyl sites for hydroxylation is 1. The Morgan fingerprint density at radius 1 is 1.11 bits per heavy atom. The van der Waals surface area contributed by atoms with Crippen molar-refractivity contribution in [2.24, 2.45) is 5.92 Å². The van der Waals surface area contributed by atoms with Crippen molar-refractivity contribution in [3.05, 3.63) is 36.5 Å². The van der Waals surface area contributed by atoms with Gasteiger partial charge in [0.2, 0.25) is 0 Å². The molecule has 2 rings (SSSR count). The molecule has 104 valence electrons. The maximum atomic E-state index is 3.58. The molecule has 0 aliphatic rings. The van der Waals surface area contributed by atoms with E-state index in [9.17, 15) is 0 Å². The molecule has 0 aliphatic heterocycles. The van der Waals surface area contributed by atoms with Crippen molar-refractivity contribution in [3.8, 4) is 0 Å². The second-order valence-electron chi connectivity index (χ2n) is 5.31. The van der Waals surface area contributed by atoms with Gasteiger partial charge in [0.15, 0.2) is 0 Å². The molecule has 0 saturated carbocycles. The summed E-state index contributed by atoms with van der Waals surface area (Å²) in [6.07, 6.45) is 5.96. The van der Waals surface area contributed by atoms with E-state index in [0.717, 1.165) is 19.0 Å². The largest absolute Gasteiger partial charge is 0.347 e. The number of benzene rings is 1. The number of nitrogens with zero attached hydrogens (tertiary/aromatic N) is 1. The molecule has 1 aromatic carbocycles. The first-order valence-electron chi connectivity index (χ1n) is 7.59. The van der Waals surface area contributed by atoms with Gasteiger partial charge < -0.3 is 9.88 Å². The third kappa shape index (κ3) is 3.84. The molecule has 1 heterocycles. The van der Waals surface area contributed by atoms with Gasteiger partial charge in [0.25, 0.3) is 0 Å². The molecule has 0 saturated heterocycles. The molecule has 2 nitrogen and oxygen atoms in total. The van der Waals surface area contributed by atoms with Gasteiger partial charge in [-0.3, -0.25) is 0 Å². The average molecular weight is 258 g/mol. The Morgan fingerprint density at radius 2 is 1.89 bits per heavy atom. The highest BCUT2D eigenvalue weighted by Gasteiger charge is 2.02. The van der Waals surface area contributed by atoms with Crippen LogP contribution in [-0.2, 0) is 6.54 Å². The first-order valence-corrected chi connectivity index (χ1v) is 7.59. The zero-order chi connectivity index (χ0) is 13.5. The van der Waals surface area contributed by atoms with Crippen molar-refractivity contribution in [1.29, 1.82) is 0 Å². The van der Waals surface area contributed by atoms with Crippen molar-refractivity contribution in [3.63, 3.8) is 0 Å². The van der Waals surface area contributed by atoms with Crippen LogP contribution >= 0.6 is 0 Å². The lowest BCUT2D eigenvalue weighted by Gasteiger charge is -2.13. The lowest BCUT2D eigenvalue weighted by molar-refractivity contribution is 0.443. The van der Waals surface area contributed by atoms with Crippen LogP contribution in [0, 0.1) is 5.92 Å². The highest BCUT2D eigenvalue weighted by molar-refractivity contribution is 5.79. The van der Waals surface area contributed by atoms with Crippen LogP contribution in [0.4, 0.5) is 0 Å². The zero-order valence-corrected chi connectivity index (χ0v) is 12.2. The third-order valence-electron chi connectivity index (χ3n) is 4.02. The van der Waals surface area contributed by atoms with E-state index in [-0.39, 0.29) is 0 Å². The summed E-state index contributed by atoms with van der Waals surface area (Å²) in [5.41, 5.74) is 1.35. The maximum Gasteiger partial charge on any atom is 0.0480 e. The van der Waals surface area contributed by atoms with Crippen LogP contribution in [0.5, 0.6) is 0 Å². The van der Waals surface area contributed by atoms with Crippen molar-refractivity contribution >= 4 is 10.9 Å². The van der Waals surface area contributed by atoms with Gasteiger partial charge in [-0.2, -0.15) is 0 Å². The predicted octanol–water partition coefficient (Wildman–Crippen LogP) is 4.06. The highest BCUT2D eigenvalue weighted by atomic mass is 15.0. The summed E-state index contributed by atoms with van der Waals surface area (Å²) >= 11 is 0. The standard InChI is InChI=1S/C17H26N2/c1-3-15(4-2)14-18-11-7-12-19-13-10-16-8-5-6-9-17(16)19/h5-6,8-10,13,15,18H,3-4,7,11-12,14H2,1-2H3. The quantitative estimate of drug-likeness (QED) is 0.707. The Kier molecular flexibility index (Phi) is 5.46. The van der Waals surface area contributed by atoms with E-state index in [1.807, 2.05) is 0 Å². The summed E-state index contributed by atoms with van der Waals surface area (Å²) in [5.74, 6) is 0.840. The van der Waals surface area contributed by atoms with Gasteiger partial charge in [0.05, 0.1) is 0 Å². The first-order chi connectivity index (χ1) is 9.35. The van der Waals surface area contributed by atoms with Crippen LogP contribution in [0.3, 0.4) is 0 Å². The van der Waals surface area contributed by atoms with E-state index < -0.39 is 0 Å². The number of aromatic nitrogens is 1. The van der Waals surface area contributed by atoms with Crippen molar-refractivity contribution in [2.45, 2.75) is 39.7 Å². The number of fused-ring (bicyclic) bond motifs is 1. The minimum absolute atomic E-state index is 0.840. The van der Waals surface area contributed by atoms with E-state index in [2.05, 4.69) is 60.3 Å². The smallest absolute Gasteiger partial charge is 0.0480 e. The van der Waals surface area contributed by atoms with Crippen LogP contribution in [0.25, 0.3) is 10.9 Å². The van der Waals surface area contributed by atoms with Gasteiger partial charge >= 0.3 is 0 Å². The number of hydrogen-bond acceptors (Lipinski definition) is 1. The van der Waals surface area contributed by atoms with Crippen molar-refractivity contribution in [1.82, 2.24) is 9.88 Å². The Hall–Kier alpha value is -1.28. The summed E-state index contributed by atoms with van der Waals surface area (Å²) in [4.78, 5) is 0. The molecule has 0 aliphatic carbocycles. The molecule has 1 aromatic heterocycles. The lowest BCUT2D eigenvalue weighted by Crippen LogP contribution is -2.23. The van der Waals surface area contributed by atoms with Crippen LogP contribution < -0.4 is 5.32 Å². The number of para-hydroxylation sites is 1. The average Bonchev–Trinajstić information content (AvgIpc) is 2.86. The highest BCUT2D eigenvalue weighted by Crippen LogP contribution is 2.15. The Morgan fingerprint density at radius 3 is 2.68 bits per heavy atom. The van der Waals surface area contributed by atoms with E-state index in [1.54, 1.807) is 0 Å². The van der Waals surface area contributed by atoms with Gasteiger partial charge in [-0.1, -0.05) is 44.9 Å². The summed E-state index contributed by atoms with van der Waals surface area (Å²) in [7, 11) is 0. The molecule has 0 atom stereocenters. The van der Waals surface area contributed by atoms with Crippen LogP contribution in [-0.4, -0.2) is 17.7 Å². The molecule has 0 unspecified atom stereocenters. The zero-order valence-electron chi connectivity index (χ0n) is 12.2. The summed E-state index contributed by atoms with van der Waals surface area (Å²) in [6, 6.07) is 10.8. The van der Waals surface area contributed by atoms with Crippen LogP contribution in [0.15, 0.2) is 36.5 Å². The minimum atomic E-state index is 0.840. The summed E-state index contributed by atoms with van der Waals surface area (Å²) in [6.45, 7) is 7.94. The molecule has 0 amide bonds. The fraction of sp³-hybridized carbons (Fsp3) is 0.529. The lowest BCUT2D eigenvalue weighted by atomic mass is 10.0. The molecule has 0 fully saturated rings. The predicted molar refractivity (Wildman–Crippen MR) is 83.5 cm³/mol. The van der Waals surface area contributed by atoms with Crippen LogP contribution in [0.2, 0.25) is 0 Å². The molecule has 0 bridgehead atoms. The Balaban J connectivity index is 1.74. The van der Waals surface area contributed by atoms with E-state index in [0.29, 0.717) is 0 Å². The molecule has 1 N–H and O–H groups in total. The number of hydrogen-bond donors (Lipinski definition) is 1. The number of rotatable bonds is 8. The Bertz CT molecular complexity index is 483. The molecular formula is C17H26N2. The van der Waals surface area contributed by atoms with Crippen molar-refractivity contribution < 1.29 is 0 Å². The first kappa shape index (κ1) is 14.1. The molecule has 2 aromatic rings. The van der Waals surface area contributed by atoms with Crippen molar-refractivity contribution in [2.75, 3.05) is 13.1 Å². The second kappa shape index (κ2) is 7.34. The second-order valence-corrected chi connectivity index (χ2v) is 5.31. The van der Waals surface area contributed by atoms with E-state index >= 15 is 0 Å². The fourth-order valence-electron chi connectivity index (χ4n) is 2.59. The minimum Gasteiger partial charge on any atom is -0.347 e. The number of nitrogens with one attached hydrogen (secondary N) is 1. The molecule has 0 radical (unpaired) electrons. The SMILES string of the molecule is CCC(CC)CNCCCn1ccc2ccccc21. The maximum absolute atomic E-state index is 3.58. The fourth-order valence-corrected chi connectivity index (χ4v) is 2.59. The third-order valence-corrected chi connectivity index (χ3v) is 4.02. The molecular weight excluding hydrogens is 232 g/mol. The van der Waals surface area contributed by atoms with Gasteiger partial charge in [-0.05, 0) is 42.9 Å². The van der Waals surface area contributed by atoms with Gasteiger partial charge in [-0.25, -0.2) is 0 Å². The normalized spacial score (nSPS) is 11.5.